The van der Waals surface area contributed by atoms with Crippen molar-refractivity contribution in [1.82, 2.24) is 14.3 Å². The highest BCUT2D eigenvalue weighted by Crippen LogP contribution is 2.44. The van der Waals surface area contributed by atoms with Crippen LogP contribution in [0.15, 0.2) is 12.4 Å². The van der Waals surface area contributed by atoms with Crippen LogP contribution in [0.1, 0.15) is 12.5 Å². The minimum absolute atomic E-state index is 0.00930. The molecule has 1 N–H and O–H groups in total. The molecule has 3 heterocycles. The van der Waals surface area contributed by atoms with E-state index in [0.29, 0.717) is 12.5 Å². The van der Waals surface area contributed by atoms with Crippen molar-refractivity contribution in [2.24, 2.45) is 11.3 Å². The zero-order valence-corrected chi connectivity index (χ0v) is 14.0. The number of carboxylic acid groups (broad SMARTS) is 1. The number of aryl methyl sites for hydroxylation is 1. The molecule has 2 fully saturated rings. The van der Waals surface area contributed by atoms with Crippen molar-refractivity contribution in [3.63, 3.8) is 0 Å². The lowest BCUT2D eigenvalue weighted by Crippen LogP contribution is -2.42. The van der Waals surface area contributed by atoms with Gasteiger partial charge < -0.3 is 10.0 Å². The summed E-state index contributed by atoms with van der Waals surface area (Å²) in [5.74, 6) is -0.714. The summed E-state index contributed by atoms with van der Waals surface area (Å²) in [6, 6.07) is 0. The molecule has 1 aromatic heterocycles. The Morgan fingerprint density at radius 2 is 2.00 bits per heavy atom. The molecule has 0 spiro atoms. The van der Waals surface area contributed by atoms with Crippen molar-refractivity contribution in [3.8, 4) is 0 Å². The zero-order chi connectivity index (χ0) is 16.8. The highest BCUT2D eigenvalue weighted by atomic mass is 32.2. The van der Waals surface area contributed by atoms with Crippen LogP contribution >= 0.6 is 0 Å². The summed E-state index contributed by atoms with van der Waals surface area (Å²) >= 11 is 0. The molecule has 0 bridgehead atoms. The molecule has 0 saturated carbocycles. The van der Waals surface area contributed by atoms with E-state index in [0.717, 1.165) is 18.2 Å². The molecule has 0 unspecified atom stereocenters. The van der Waals surface area contributed by atoms with Gasteiger partial charge in [-0.2, -0.15) is 0 Å². The maximum Gasteiger partial charge on any atom is 0.313 e. The van der Waals surface area contributed by atoms with Crippen LogP contribution in [0.2, 0.25) is 0 Å². The molecular formula is C14H20N4O4S. The van der Waals surface area contributed by atoms with E-state index in [1.807, 2.05) is 11.8 Å². The summed E-state index contributed by atoms with van der Waals surface area (Å²) in [6.07, 6.45) is 5.44. The van der Waals surface area contributed by atoms with Crippen molar-refractivity contribution >= 4 is 21.9 Å². The number of hydrogen-bond acceptors (Lipinski definition) is 6. The summed E-state index contributed by atoms with van der Waals surface area (Å²) in [7, 11) is -3.39. The van der Waals surface area contributed by atoms with E-state index in [-0.39, 0.29) is 25.6 Å². The quantitative estimate of drug-likeness (QED) is 0.811. The Morgan fingerprint density at radius 1 is 1.35 bits per heavy atom. The van der Waals surface area contributed by atoms with Crippen LogP contribution in [0.25, 0.3) is 0 Å². The molecule has 0 amide bonds. The number of aliphatic carboxylic acids is 1. The Kier molecular flexibility index (Phi) is 3.80. The summed E-state index contributed by atoms with van der Waals surface area (Å²) in [4.78, 5) is 22.3. The summed E-state index contributed by atoms with van der Waals surface area (Å²) in [5, 5.41) is 9.72. The molecule has 0 aromatic carbocycles. The minimum Gasteiger partial charge on any atom is -0.481 e. The van der Waals surface area contributed by atoms with Crippen LogP contribution in [0.4, 0.5) is 5.95 Å². The molecule has 2 aliphatic rings. The number of carbonyl (C=O) groups is 1. The topological polar surface area (TPSA) is 104 Å². The van der Waals surface area contributed by atoms with Crippen LogP contribution < -0.4 is 4.90 Å². The smallest absolute Gasteiger partial charge is 0.313 e. The van der Waals surface area contributed by atoms with Gasteiger partial charge >= 0.3 is 5.97 Å². The fourth-order valence-electron chi connectivity index (χ4n) is 3.42. The molecule has 9 heteroatoms. The SMILES string of the molecule is CCc1cnc(N2C[C@H]3CN(S(C)(=O)=O)C[C@@]3(C(=O)O)C2)nc1. The maximum atomic E-state index is 11.9. The molecule has 8 nitrogen and oxygen atoms in total. The van der Waals surface area contributed by atoms with E-state index in [9.17, 15) is 18.3 Å². The van der Waals surface area contributed by atoms with E-state index in [4.69, 9.17) is 0 Å². The first-order valence-corrected chi connectivity index (χ1v) is 9.35. The van der Waals surface area contributed by atoms with Crippen molar-refractivity contribution < 1.29 is 18.3 Å². The summed E-state index contributed by atoms with van der Waals surface area (Å²) in [6.45, 7) is 2.93. The van der Waals surface area contributed by atoms with Crippen molar-refractivity contribution in [3.05, 3.63) is 18.0 Å². The number of sulfonamides is 1. The lowest BCUT2D eigenvalue weighted by Gasteiger charge is -2.24. The lowest BCUT2D eigenvalue weighted by atomic mass is 9.81. The summed E-state index contributed by atoms with van der Waals surface area (Å²) in [5.41, 5.74) is -0.0695. The monoisotopic (exact) mass is 340 g/mol. The fraction of sp³-hybridized carbons (Fsp3) is 0.643. The van der Waals surface area contributed by atoms with Crippen molar-refractivity contribution in [2.75, 3.05) is 37.3 Å². The van der Waals surface area contributed by atoms with Crippen molar-refractivity contribution in [1.29, 1.82) is 0 Å². The number of anilines is 1. The van der Waals surface area contributed by atoms with Crippen LogP contribution in [-0.2, 0) is 21.2 Å². The average molecular weight is 340 g/mol. The highest BCUT2D eigenvalue weighted by molar-refractivity contribution is 7.88. The Balaban J connectivity index is 1.85. The van der Waals surface area contributed by atoms with Crippen LogP contribution in [0.5, 0.6) is 0 Å². The van der Waals surface area contributed by atoms with Crippen LogP contribution in [0, 0.1) is 11.3 Å². The minimum atomic E-state index is -3.39. The molecule has 2 saturated heterocycles. The van der Waals surface area contributed by atoms with Gasteiger partial charge in [-0.05, 0) is 12.0 Å². The zero-order valence-electron chi connectivity index (χ0n) is 13.1. The number of nitrogens with zero attached hydrogens (tertiary/aromatic N) is 4. The maximum absolute atomic E-state index is 11.9. The Morgan fingerprint density at radius 3 is 2.48 bits per heavy atom. The fourth-order valence-corrected chi connectivity index (χ4v) is 4.34. The first-order valence-electron chi connectivity index (χ1n) is 7.50. The normalized spacial score (nSPS) is 28.1. The van der Waals surface area contributed by atoms with E-state index in [1.165, 1.54) is 4.31 Å². The van der Waals surface area contributed by atoms with Gasteiger partial charge in [-0.25, -0.2) is 22.7 Å². The van der Waals surface area contributed by atoms with E-state index < -0.39 is 21.4 Å². The summed E-state index contributed by atoms with van der Waals surface area (Å²) < 4.78 is 24.8. The number of fused-ring (bicyclic) bond motifs is 1. The molecule has 2 aliphatic heterocycles. The third-order valence-electron chi connectivity index (χ3n) is 4.86. The largest absolute Gasteiger partial charge is 0.481 e. The molecule has 0 aliphatic carbocycles. The van der Waals surface area contributed by atoms with Gasteiger partial charge in [0.05, 0.1) is 6.26 Å². The van der Waals surface area contributed by atoms with Gasteiger partial charge in [0, 0.05) is 44.5 Å². The Hall–Kier alpha value is -1.74. The average Bonchev–Trinajstić information content (AvgIpc) is 3.02. The Labute approximate surface area is 135 Å². The van der Waals surface area contributed by atoms with Crippen LogP contribution in [-0.4, -0.2) is 66.2 Å². The van der Waals surface area contributed by atoms with Crippen molar-refractivity contribution in [2.45, 2.75) is 13.3 Å². The van der Waals surface area contributed by atoms with Gasteiger partial charge in [-0.1, -0.05) is 6.92 Å². The molecule has 0 radical (unpaired) electrons. The lowest BCUT2D eigenvalue weighted by molar-refractivity contribution is -0.148. The molecule has 23 heavy (non-hydrogen) atoms. The van der Waals surface area contributed by atoms with Gasteiger partial charge in [0.1, 0.15) is 5.41 Å². The third kappa shape index (κ3) is 2.67. The first kappa shape index (κ1) is 16.1. The van der Waals surface area contributed by atoms with Gasteiger partial charge in [0.25, 0.3) is 0 Å². The molecule has 1 aromatic rings. The van der Waals surface area contributed by atoms with Gasteiger partial charge in [0.2, 0.25) is 16.0 Å². The number of hydrogen-bond donors (Lipinski definition) is 1. The molecule has 3 rings (SSSR count). The Bertz CT molecular complexity index is 721. The first-order chi connectivity index (χ1) is 10.8. The van der Waals surface area contributed by atoms with Gasteiger partial charge in [-0.3, -0.25) is 4.79 Å². The molecule has 126 valence electrons. The van der Waals surface area contributed by atoms with Gasteiger partial charge in [-0.15, -0.1) is 0 Å². The number of rotatable bonds is 4. The predicted octanol–water partition coefficient (Wildman–Crippen LogP) is -0.179. The number of carboxylic acids is 1. The van der Waals surface area contributed by atoms with E-state index in [2.05, 4.69) is 9.97 Å². The molecular weight excluding hydrogens is 320 g/mol. The van der Waals surface area contributed by atoms with Crippen LogP contribution in [0.3, 0.4) is 0 Å². The van der Waals surface area contributed by atoms with Gasteiger partial charge in [0.15, 0.2) is 0 Å². The third-order valence-corrected chi connectivity index (χ3v) is 6.07. The molecule has 2 atom stereocenters. The second-order valence-electron chi connectivity index (χ2n) is 6.34. The van der Waals surface area contributed by atoms with E-state index >= 15 is 0 Å². The number of aromatic nitrogens is 2. The predicted molar refractivity (Wildman–Crippen MR) is 83.6 cm³/mol. The standard InChI is InChI=1S/C14H20N4O4S/c1-3-10-4-15-13(16-5-10)17-6-11-7-18(23(2,21)22)9-14(11,8-17)12(19)20/h4-5,11H,3,6-9H2,1-2H3,(H,19,20)/t11-,14-/m0/s1. The second kappa shape index (κ2) is 5.41. The second-order valence-corrected chi connectivity index (χ2v) is 8.32. The highest BCUT2D eigenvalue weighted by Gasteiger charge is 2.59. The van der Waals surface area contributed by atoms with E-state index in [1.54, 1.807) is 12.4 Å².